The molecule has 1 aliphatic rings. The number of nitriles is 1. The van der Waals surface area contributed by atoms with Crippen LogP contribution in [0.2, 0.25) is 0 Å². The molecule has 22 heavy (non-hydrogen) atoms. The topological polar surface area (TPSA) is 23.8 Å². The van der Waals surface area contributed by atoms with Crippen LogP contribution < -0.4 is 0 Å². The van der Waals surface area contributed by atoms with Gasteiger partial charge >= 0.3 is 0 Å². The first-order valence-corrected chi connectivity index (χ1v) is 8.52. The summed E-state index contributed by atoms with van der Waals surface area (Å²) in [7, 11) is 0. The van der Waals surface area contributed by atoms with Gasteiger partial charge in [0.25, 0.3) is 0 Å². The Balaban J connectivity index is 1.70. The lowest BCUT2D eigenvalue weighted by molar-refractivity contribution is 0.607. The van der Waals surface area contributed by atoms with Gasteiger partial charge in [-0.15, -0.1) is 0 Å². The lowest BCUT2D eigenvalue weighted by Gasteiger charge is -2.26. The summed E-state index contributed by atoms with van der Waals surface area (Å²) in [6.45, 7) is 2.25. The van der Waals surface area contributed by atoms with Gasteiger partial charge < -0.3 is 0 Å². The monoisotopic (exact) mass is 289 g/mol. The quantitative estimate of drug-likeness (QED) is 0.481. The lowest BCUT2D eigenvalue weighted by Crippen LogP contribution is -2.04. The van der Waals surface area contributed by atoms with Gasteiger partial charge in [0, 0.05) is 5.56 Å². The summed E-state index contributed by atoms with van der Waals surface area (Å²) in [4.78, 5) is 0. The molecule has 0 bridgehead atoms. The van der Waals surface area contributed by atoms with E-state index in [1.165, 1.54) is 66.3 Å². The fraction of sp³-hybridized carbons (Fsp3) is 0.381. The molecule has 2 aromatic rings. The van der Waals surface area contributed by atoms with Gasteiger partial charge in [0.05, 0.1) is 5.56 Å². The average Bonchev–Trinajstić information content (AvgIpc) is 2.55. The molecular formula is C21H23N. The maximum absolute atomic E-state index is 9.61. The zero-order valence-electron chi connectivity index (χ0n) is 13.4. The SMILES string of the molecule is CCCCCCCCc1ccc2c(c1C#N)-c1ccccc1-2. The van der Waals surface area contributed by atoms with E-state index < -0.39 is 0 Å². The van der Waals surface area contributed by atoms with E-state index in [4.69, 9.17) is 0 Å². The van der Waals surface area contributed by atoms with E-state index in [0.29, 0.717) is 0 Å². The van der Waals surface area contributed by atoms with Crippen LogP contribution in [0.5, 0.6) is 0 Å². The van der Waals surface area contributed by atoms with Crippen molar-refractivity contribution in [1.29, 1.82) is 5.26 Å². The highest BCUT2D eigenvalue weighted by atomic mass is 14.3. The number of hydrogen-bond donors (Lipinski definition) is 0. The third-order valence-electron chi connectivity index (χ3n) is 4.69. The van der Waals surface area contributed by atoms with E-state index in [1.54, 1.807) is 0 Å². The first-order valence-electron chi connectivity index (χ1n) is 8.52. The Morgan fingerprint density at radius 3 is 2.32 bits per heavy atom. The third-order valence-corrected chi connectivity index (χ3v) is 4.69. The number of hydrogen-bond acceptors (Lipinski definition) is 1. The summed E-state index contributed by atoms with van der Waals surface area (Å²) in [5.74, 6) is 0. The molecule has 2 aromatic carbocycles. The highest BCUT2D eigenvalue weighted by molar-refractivity contribution is 6.05. The summed E-state index contributed by atoms with van der Waals surface area (Å²) >= 11 is 0. The second-order valence-corrected chi connectivity index (χ2v) is 6.20. The molecule has 0 unspecified atom stereocenters. The van der Waals surface area contributed by atoms with Crippen molar-refractivity contribution in [3.63, 3.8) is 0 Å². The number of unbranched alkanes of at least 4 members (excludes halogenated alkanes) is 5. The summed E-state index contributed by atoms with van der Waals surface area (Å²) < 4.78 is 0. The predicted octanol–water partition coefficient (Wildman–Crippen LogP) is 6.11. The molecular weight excluding hydrogens is 266 g/mol. The van der Waals surface area contributed by atoms with E-state index in [-0.39, 0.29) is 0 Å². The molecule has 0 fully saturated rings. The van der Waals surface area contributed by atoms with E-state index in [0.717, 1.165) is 12.0 Å². The van der Waals surface area contributed by atoms with Crippen LogP contribution in [0.15, 0.2) is 36.4 Å². The summed E-state index contributed by atoms with van der Waals surface area (Å²) in [5.41, 5.74) is 7.11. The number of nitrogens with zero attached hydrogens (tertiary/aromatic N) is 1. The van der Waals surface area contributed by atoms with Gasteiger partial charge in [-0.1, -0.05) is 75.4 Å². The number of rotatable bonds is 7. The number of fused-ring (bicyclic) bond motifs is 4. The fourth-order valence-electron chi connectivity index (χ4n) is 3.46. The van der Waals surface area contributed by atoms with Crippen LogP contribution in [0, 0.1) is 11.3 Å². The third kappa shape index (κ3) is 2.66. The minimum absolute atomic E-state index is 0.907. The van der Waals surface area contributed by atoms with Crippen LogP contribution in [0.3, 0.4) is 0 Å². The van der Waals surface area contributed by atoms with Gasteiger partial charge in [0.2, 0.25) is 0 Å². The molecule has 0 amide bonds. The van der Waals surface area contributed by atoms with E-state index in [1.807, 2.05) is 0 Å². The summed E-state index contributed by atoms with van der Waals surface area (Å²) in [5, 5.41) is 9.61. The molecule has 0 atom stereocenters. The van der Waals surface area contributed by atoms with Crippen LogP contribution >= 0.6 is 0 Å². The minimum atomic E-state index is 0.907. The highest BCUT2D eigenvalue weighted by Crippen LogP contribution is 2.49. The molecule has 0 aromatic heterocycles. The van der Waals surface area contributed by atoms with Gasteiger partial charge in [0.1, 0.15) is 6.07 Å². The Bertz CT molecular complexity index is 706. The maximum Gasteiger partial charge on any atom is 0.100 e. The van der Waals surface area contributed by atoms with Crippen LogP contribution in [-0.2, 0) is 6.42 Å². The first kappa shape index (κ1) is 14.9. The molecule has 0 radical (unpaired) electrons. The largest absolute Gasteiger partial charge is 0.192 e. The Hall–Kier alpha value is -2.07. The summed E-state index contributed by atoms with van der Waals surface area (Å²) in [6, 6.07) is 15.2. The average molecular weight is 289 g/mol. The van der Waals surface area contributed by atoms with Crippen molar-refractivity contribution in [3.05, 3.63) is 47.5 Å². The maximum atomic E-state index is 9.61. The summed E-state index contributed by atoms with van der Waals surface area (Å²) in [6.07, 6.45) is 8.81. The van der Waals surface area contributed by atoms with E-state index in [9.17, 15) is 5.26 Å². The van der Waals surface area contributed by atoms with Gasteiger partial charge in [-0.2, -0.15) is 5.26 Å². The smallest absolute Gasteiger partial charge is 0.100 e. The second kappa shape index (κ2) is 6.79. The number of benzene rings is 2. The standard InChI is InChI=1S/C21H23N/c1-2-3-4-5-6-7-10-16-13-14-19-17-11-8-9-12-18(17)21(19)20(16)15-22/h8-9,11-14H,2-7,10H2,1H3. The Morgan fingerprint density at radius 2 is 1.55 bits per heavy atom. The molecule has 0 N–H and O–H groups in total. The van der Waals surface area contributed by atoms with E-state index >= 15 is 0 Å². The first-order chi connectivity index (χ1) is 10.9. The number of aryl methyl sites for hydroxylation is 1. The van der Waals surface area contributed by atoms with Crippen molar-refractivity contribution < 1.29 is 0 Å². The molecule has 1 aliphatic carbocycles. The van der Waals surface area contributed by atoms with Crippen molar-refractivity contribution in [2.24, 2.45) is 0 Å². The van der Waals surface area contributed by atoms with Crippen LogP contribution in [0.25, 0.3) is 22.3 Å². The van der Waals surface area contributed by atoms with Crippen molar-refractivity contribution in [3.8, 4) is 28.3 Å². The molecule has 3 rings (SSSR count). The molecule has 0 saturated carbocycles. The van der Waals surface area contributed by atoms with Crippen LogP contribution in [-0.4, -0.2) is 0 Å². The molecule has 1 nitrogen and oxygen atoms in total. The van der Waals surface area contributed by atoms with Crippen molar-refractivity contribution in [2.75, 3.05) is 0 Å². The van der Waals surface area contributed by atoms with Crippen LogP contribution in [0.1, 0.15) is 56.6 Å². The predicted molar refractivity (Wildman–Crippen MR) is 92.7 cm³/mol. The van der Waals surface area contributed by atoms with Crippen molar-refractivity contribution >= 4 is 0 Å². The van der Waals surface area contributed by atoms with Crippen LogP contribution in [0.4, 0.5) is 0 Å². The van der Waals surface area contributed by atoms with Gasteiger partial charge in [-0.3, -0.25) is 0 Å². The Labute approximate surface area is 133 Å². The molecule has 0 aliphatic heterocycles. The highest BCUT2D eigenvalue weighted by Gasteiger charge is 2.26. The molecule has 0 spiro atoms. The van der Waals surface area contributed by atoms with Gasteiger partial charge in [-0.25, -0.2) is 0 Å². The Morgan fingerprint density at radius 1 is 0.818 bits per heavy atom. The van der Waals surface area contributed by atoms with Gasteiger partial charge in [-0.05, 0) is 35.1 Å². The Kier molecular flexibility index (Phi) is 4.59. The normalized spacial score (nSPS) is 11.3. The van der Waals surface area contributed by atoms with Gasteiger partial charge in [0.15, 0.2) is 0 Å². The molecule has 0 heterocycles. The molecule has 112 valence electrons. The lowest BCUT2D eigenvalue weighted by atomic mass is 9.76. The molecule has 0 saturated heterocycles. The zero-order valence-corrected chi connectivity index (χ0v) is 13.4. The molecule has 1 heteroatoms. The van der Waals surface area contributed by atoms with Crippen molar-refractivity contribution in [2.45, 2.75) is 51.9 Å². The fourth-order valence-corrected chi connectivity index (χ4v) is 3.46. The van der Waals surface area contributed by atoms with E-state index in [2.05, 4.69) is 49.4 Å². The van der Waals surface area contributed by atoms with Crippen molar-refractivity contribution in [1.82, 2.24) is 0 Å². The minimum Gasteiger partial charge on any atom is -0.192 e. The second-order valence-electron chi connectivity index (χ2n) is 6.20. The zero-order chi connectivity index (χ0) is 15.4.